The van der Waals surface area contributed by atoms with Crippen LogP contribution in [0.15, 0.2) is 30.3 Å². The van der Waals surface area contributed by atoms with Crippen LogP contribution in [0.25, 0.3) is 5.69 Å². The van der Waals surface area contributed by atoms with Crippen molar-refractivity contribution < 1.29 is 4.74 Å². The molecule has 0 amide bonds. The molecule has 1 aromatic heterocycles. The maximum absolute atomic E-state index is 5.74. The molecule has 1 N–H and O–H groups in total. The summed E-state index contributed by atoms with van der Waals surface area (Å²) in [6.45, 7) is 1.67. The summed E-state index contributed by atoms with van der Waals surface area (Å²) in [4.78, 5) is 0. The van der Waals surface area contributed by atoms with E-state index in [0.717, 1.165) is 18.7 Å². The van der Waals surface area contributed by atoms with Crippen LogP contribution in [0.3, 0.4) is 0 Å². The fourth-order valence-electron chi connectivity index (χ4n) is 2.24. The quantitative estimate of drug-likeness (QED) is 0.893. The van der Waals surface area contributed by atoms with Gasteiger partial charge in [0.2, 0.25) is 0 Å². The summed E-state index contributed by atoms with van der Waals surface area (Å²) in [5.41, 5.74) is 0.902. The van der Waals surface area contributed by atoms with E-state index in [0.29, 0.717) is 18.7 Å². The molecular weight excluding hydrogens is 242 g/mol. The number of piperidine rings is 1. The van der Waals surface area contributed by atoms with E-state index < -0.39 is 0 Å². The van der Waals surface area contributed by atoms with Crippen molar-refractivity contribution in [2.45, 2.75) is 25.3 Å². The number of ether oxygens (including phenoxy) is 1. The Hall–Kier alpha value is -1.95. The second-order valence-electron chi connectivity index (χ2n) is 4.67. The van der Waals surface area contributed by atoms with Crippen molar-refractivity contribution in [3.8, 4) is 11.7 Å². The van der Waals surface area contributed by atoms with Crippen LogP contribution in [0.1, 0.15) is 19.3 Å². The average molecular weight is 259 g/mol. The molecule has 1 atom stereocenters. The normalized spacial score (nSPS) is 19.3. The Bertz CT molecular complexity index is 507. The molecule has 2 heterocycles. The van der Waals surface area contributed by atoms with Crippen molar-refractivity contribution in [1.29, 1.82) is 0 Å². The second-order valence-corrected chi connectivity index (χ2v) is 4.67. The molecule has 100 valence electrons. The van der Waals surface area contributed by atoms with Crippen LogP contribution >= 0.6 is 0 Å². The lowest BCUT2D eigenvalue weighted by molar-refractivity contribution is 0.220. The zero-order valence-corrected chi connectivity index (χ0v) is 10.7. The zero-order chi connectivity index (χ0) is 12.9. The first-order chi connectivity index (χ1) is 9.43. The molecule has 0 radical (unpaired) electrons. The monoisotopic (exact) mass is 259 g/mol. The van der Waals surface area contributed by atoms with Crippen LogP contribution in [0.2, 0.25) is 0 Å². The second kappa shape index (κ2) is 5.79. The Morgan fingerprint density at radius 3 is 2.95 bits per heavy atom. The van der Waals surface area contributed by atoms with Crippen molar-refractivity contribution in [1.82, 2.24) is 25.5 Å². The van der Waals surface area contributed by atoms with E-state index in [2.05, 4.69) is 20.8 Å². The highest BCUT2D eigenvalue weighted by atomic mass is 16.5. The number of hydrogen-bond donors (Lipinski definition) is 1. The van der Waals surface area contributed by atoms with Crippen molar-refractivity contribution in [2.75, 3.05) is 13.2 Å². The first-order valence-corrected chi connectivity index (χ1v) is 6.63. The summed E-state index contributed by atoms with van der Waals surface area (Å²) in [7, 11) is 0. The smallest absolute Gasteiger partial charge is 0.340 e. The molecule has 2 aromatic rings. The van der Waals surface area contributed by atoms with Gasteiger partial charge >= 0.3 is 6.01 Å². The Morgan fingerprint density at radius 1 is 1.26 bits per heavy atom. The number of para-hydroxylation sites is 1. The molecule has 1 unspecified atom stereocenters. The highest BCUT2D eigenvalue weighted by Gasteiger charge is 2.15. The number of hydrogen-bond acceptors (Lipinski definition) is 5. The summed E-state index contributed by atoms with van der Waals surface area (Å²) in [6.07, 6.45) is 3.65. The summed E-state index contributed by atoms with van der Waals surface area (Å²) in [5.74, 6) is 0. The van der Waals surface area contributed by atoms with Crippen LogP contribution in [0, 0.1) is 0 Å². The topological polar surface area (TPSA) is 64.9 Å². The summed E-state index contributed by atoms with van der Waals surface area (Å²) >= 11 is 0. The maximum Gasteiger partial charge on any atom is 0.340 e. The SMILES string of the molecule is c1ccc(-n2nnnc2OCC2CCCCN2)cc1. The first kappa shape index (κ1) is 12.1. The van der Waals surface area contributed by atoms with Gasteiger partial charge in [0.15, 0.2) is 0 Å². The van der Waals surface area contributed by atoms with Gasteiger partial charge in [0, 0.05) is 6.04 Å². The Kier molecular flexibility index (Phi) is 3.69. The number of benzene rings is 1. The van der Waals surface area contributed by atoms with Gasteiger partial charge in [-0.3, -0.25) is 0 Å². The fourth-order valence-corrected chi connectivity index (χ4v) is 2.24. The van der Waals surface area contributed by atoms with Crippen molar-refractivity contribution >= 4 is 0 Å². The molecule has 3 rings (SSSR count). The third-order valence-electron chi connectivity index (χ3n) is 3.27. The molecule has 6 nitrogen and oxygen atoms in total. The first-order valence-electron chi connectivity index (χ1n) is 6.63. The van der Waals surface area contributed by atoms with Gasteiger partial charge in [-0.1, -0.05) is 29.7 Å². The summed E-state index contributed by atoms with van der Waals surface area (Å²) in [6, 6.07) is 10.6. The zero-order valence-electron chi connectivity index (χ0n) is 10.7. The van der Waals surface area contributed by atoms with Crippen molar-refractivity contribution in [3.05, 3.63) is 30.3 Å². The highest BCUT2D eigenvalue weighted by Crippen LogP contribution is 2.14. The predicted molar refractivity (Wildman–Crippen MR) is 70.3 cm³/mol. The van der Waals surface area contributed by atoms with Gasteiger partial charge in [-0.25, -0.2) is 0 Å². The summed E-state index contributed by atoms with van der Waals surface area (Å²) < 4.78 is 7.35. The van der Waals surface area contributed by atoms with Crippen molar-refractivity contribution in [3.63, 3.8) is 0 Å². The molecule has 1 saturated heterocycles. The lowest BCUT2D eigenvalue weighted by Crippen LogP contribution is -2.38. The predicted octanol–water partition coefficient (Wildman–Crippen LogP) is 1.18. The lowest BCUT2D eigenvalue weighted by atomic mass is 10.1. The molecule has 0 aliphatic carbocycles. The van der Waals surface area contributed by atoms with Crippen LogP contribution in [0.4, 0.5) is 0 Å². The number of nitrogens with one attached hydrogen (secondary N) is 1. The van der Waals surface area contributed by atoms with Crippen LogP contribution in [-0.2, 0) is 0 Å². The number of nitrogens with zero attached hydrogens (tertiary/aromatic N) is 4. The minimum atomic E-state index is 0.398. The maximum atomic E-state index is 5.74. The molecule has 1 aliphatic rings. The Labute approximate surface area is 111 Å². The highest BCUT2D eigenvalue weighted by molar-refractivity contribution is 5.31. The van der Waals surface area contributed by atoms with Gasteiger partial charge in [-0.2, -0.15) is 4.68 Å². The fraction of sp³-hybridized carbons (Fsp3) is 0.462. The third kappa shape index (κ3) is 2.90. The van der Waals surface area contributed by atoms with Gasteiger partial charge in [-0.05, 0) is 41.9 Å². The average Bonchev–Trinajstić information content (AvgIpc) is 2.95. The van der Waals surface area contributed by atoms with Gasteiger partial charge in [0.05, 0.1) is 5.69 Å². The molecule has 6 heteroatoms. The van der Waals surface area contributed by atoms with Crippen LogP contribution in [0.5, 0.6) is 6.01 Å². The van der Waals surface area contributed by atoms with E-state index in [-0.39, 0.29) is 0 Å². The van der Waals surface area contributed by atoms with Gasteiger partial charge in [0.1, 0.15) is 6.61 Å². The van der Waals surface area contributed by atoms with Gasteiger partial charge < -0.3 is 10.1 Å². The molecular formula is C13H17N5O. The largest absolute Gasteiger partial charge is 0.461 e. The third-order valence-corrected chi connectivity index (χ3v) is 3.27. The molecule has 0 bridgehead atoms. The molecule has 0 spiro atoms. The van der Waals surface area contributed by atoms with E-state index in [4.69, 9.17) is 4.74 Å². The van der Waals surface area contributed by atoms with Crippen LogP contribution in [-0.4, -0.2) is 39.4 Å². The van der Waals surface area contributed by atoms with Crippen LogP contribution < -0.4 is 10.1 Å². The number of aromatic nitrogens is 4. The summed E-state index contributed by atoms with van der Waals surface area (Å²) in [5, 5.41) is 15.0. The van der Waals surface area contributed by atoms with Crippen molar-refractivity contribution in [2.24, 2.45) is 0 Å². The Morgan fingerprint density at radius 2 is 2.16 bits per heavy atom. The number of rotatable bonds is 4. The minimum absolute atomic E-state index is 0.398. The number of tetrazole rings is 1. The van der Waals surface area contributed by atoms with E-state index in [1.807, 2.05) is 30.3 Å². The minimum Gasteiger partial charge on any atom is -0.461 e. The molecule has 1 aliphatic heterocycles. The molecule has 1 aromatic carbocycles. The van der Waals surface area contributed by atoms with E-state index in [1.54, 1.807) is 4.68 Å². The van der Waals surface area contributed by atoms with E-state index in [1.165, 1.54) is 12.8 Å². The van der Waals surface area contributed by atoms with Gasteiger partial charge in [-0.15, -0.1) is 0 Å². The van der Waals surface area contributed by atoms with E-state index >= 15 is 0 Å². The Balaban J connectivity index is 1.67. The molecule has 1 fully saturated rings. The lowest BCUT2D eigenvalue weighted by Gasteiger charge is -2.22. The standard InChI is InChI=1S/C13H17N5O/c1-2-7-12(8-3-1)18-13(15-16-17-18)19-10-11-6-4-5-9-14-11/h1-3,7-8,11,14H,4-6,9-10H2. The van der Waals surface area contributed by atoms with E-state index in [9.17, 15) is 0 Å². The van der Waals surface area contributed by atoms with Gasteiger partial charge in [0.25, 0.3) is 0 Å². The molecule has 0 saturated carbocycles. The molecule has 19 heavy (non-hydrogen) atoms.